The Morgan fingerprint density at radius 3 is 2.57 bits per heavy atom. The normalized spacial score (nSPS) is 24.3. The number of halogens is 4. The number of carbonyl (C=O) groups is 1. The Kier molecular flexibility index (Phi) is 4.22. The van der Waals surface area contributed by atoms with E-state index in [4.69, 9.17) is 4.74 Å². The minimum atomic E-state index is -4.79. The molecule has 1 heterocycles. The van der Waals surface area contributed by atoms with Crippen LogP contribution in [0.5, 0.6) is 0 Å². The second kappa shape index (κ2) is 5.90. The molecule has 4 nitrogen and oxygen atoms in total. The maximum Gasteiger partial charge on any atom is 0.458 e. The van der Waals surface area contributed by atoms with E-state index in [1.165, 1.54) is 0 Å². The van der Waals surface area contributed by atoms with Crippen molar-refractivity contribution in [2.75, 3.05) is 6.61 Å². The molecule has 0 aromatic heterocycles. The Labute approximate surface area is 138 Å². The largest absolute Gasteiger partial charge is 0.458 e. The van der Waals surface area contributed by atoms with E-state index in [2.05, 4.69) is 25.9 Å². The third kappa shape index (κ3) is 3.42. The van der Waals surface area contributed by atoms with Crippen molar-refractivity contribution in [2.24, 2.45) is 11.1 Å². The van der Waals surface area contributed by atoms with Crippen LogP contribution in [0.4, 0.5) is 13.2 Å². The number of hydrogen-bond acceptors (Lipinski definition) is 4. The van der Waals surface area contributed by atoms with E-state index >= 15 is 0 Å². The molecule has 124 valence electrons. The van der Waals surface area contributed by atoms with Crippen LogP contribution < -0.4 is 0 Å². The monoisotopic (exact) mass is 391 g/mol. The van der Waals surface area contributed by atoms with E-state index in [0.29, 0.717) is 18.4 Å². The fourth-order valence-electron chi connectivity index (χ4n) is 2.23. The predicted octanol–water partition coefficient (Wildman–Crippen LogP) is 3.83. The van der Waals surface area contributed by atoms with Crippen LogP contribution in [0.1, 0.15) is 24.8 Å². The lowest BCUT2D eigenvalue weighted by Crippen LogP contribution is -2.49. The molecule has 1 unspecified atom stereocenters. The summed E-state index contributed by atoms with van der Waals surface area (Å²) in [5.74, 6) is -3.39. The van der Waals surface area contributed by atoms with Crippen LogP contribution in [0.15, 0.2) is 33.9 Å². The number of benzene rings is 1. The summed E-state index contributed by atoms with van der Waals surface area (Å²) in [6.45, 7) is -0.618. The summed E-state index contributed by atoms with van der Waals surface area (Å²) in [7, 11) is 0. The van der Waals surface area contributed by atoms with Crippen molar-refractivity contribution in [1.82, 2.24) is 0 Å². The molecule has 0 amide bonds. The van der Waals surface area contributed by atoms with Crippen molar-refractivity contribution in [3.8, 4) is 0 Å². The molecule has 0 saturated heterocycles. The van der Waals surface area contributed by atoms with Crippen LogP contribution in [-0.2, 0) is 14.4 Å². The van der Waals surface area contributed by atoms with E-state index in [1.54, 1.807) is 24.3 Å². The van der Waals surface area contributed by atoms with E-state index in [0.717, 1.165) is 4.47 Å². The summed E-state index contributed by atoms with van der Waals surface area (Å²) in [4.78, 5) is 16.3. The molecular weight excluding hydrogens is 379 g/mol. The van der Waals surface area contributed by atoms with Gasteiger partial charge in [0.15, 0.2) is 5.78 Å². The van der Waals surface area contributed by atoms with Crippen molar-refractivity contribution in [2.45, 2.75) is 31.2 Å². The standard InChI is InChI=1S/C15H13BrF3NO3/c16-11-5-3-9(4-6-11)12-7-14(23-20-12,15(17,18)19)22-8-13(21)10-1-2-10/h3-6,10H,1-2,7-8H2. The molecule has 0 bridgehead atoms. The van der Waals surface area contributed by atoms with Gasteiger partial charge < -0.3 is 9.57 Å². The van der Waals surface area contributed by atoms with E-state index < -0.39 is 25.0 Å². The van der Waals surface area contributed by atoms with E-state index in [-0.39, 0.29) is 17.4 Å². The average Bonchev–Trinajstić information content (AvgIpc) is 3.24. The van der Waals surface area contributed by atoms with Gasteiger partial charge >= 0.3 is 12.0 Å². The zero-order chi connectivity index (χ0) is 16.7. The zero-order valence-corrected chi connectivity index (χ0v) is 13.5. The van der Waals surface area contributed by atoms with Crippen molar-refractivity contribution in [1.29, 1.82) is 0 Å². The first-order valence-electron chi connectivity index (χ1n) is 7.05. The molecule has 0 N–H and O–H groups in total. The third-order valence-electron chi connectivity index (χ3n) is 3.79. The number of hydrogen-bond donors (Lipinski definition) is 0. The lowest BCUT2D eigenvalue weighted by atomic mass is 10.0. The Balaban J connectivity index is 1.74. The average molecular weight is 392 g/mol. The third-order valence-corrected chi connectivity index (χ3v) is 4.32. The fourth-order valence-corrected chi connectivity index (χ4v) is 2.50. The highest BCUT2D eigenvalue weighted by Crippen LogP contribution is 2.42. The number of rotatable bonds is 5. The van der Waals surface area contributed by atoms with Gasteiger partial charge in [-0.05, 0) is 30.5 Å². The first kappa shape index (κ1) is 16.4. The van der Waals surface area contributed by atoms with Crippen molar-refractivity contribution >= 4 is 27.4 Å². The second-order valence-corrected chi connectivity index (χ2v) is 6.51. The van der Waals surface area contributed by atoms with E-state index in [1.807, 2.05) is 0 Å². The molecule has 8 heteroatoms. The van der Waals surface area contributed by atoms with Gasteiger partial charge in [-0.25, -0.2) is 0 Å². The van der Waals surface area contributed by atoms with Gasteiger partial charge in [0.25, 0.3) is 0 Å². The Hall–Kier alpha value is -1.41. The number of carbonyl (C=O) groups excluding carboxylic acids is 1. The van der Waals surface area contributed by atoms with Crippen molar-refractivity contribution < 1.29 is 27.5 Å². The Morgan fingerprint density at radius 2 is 2.00 bits per heavy atom. The first-order valence-corrected chi connectivity index (χ1v) is 7.84. The lowest BCUT2D eigenvalue weighted by molar-refractivity contribution is -0.369. The first-order chi connectivity index (χ1) is 10.8. The van der Waals surface area contributed by atoms with Gasteiger partial charge in [0.1, 0.15) is 6.61 Å². The van der Waals surface area contributed by atoms with E-state index in [9.17, 15) is 18.0 Å². The van der Waals surface area contributed by atoms with Gasteiger partial charge in [-0.1, -0.05) is 33.2 Å². The number of oxime groups is 1. The highest BCUT2D eigenvalue weighted by molar-refractivity contribution is 9.10. The summed E-state index contributed by atoms with van der Waals surface area (Å²) in [6, 6.07) is 6.66. The van der Waals surface area contributed by atoms with Gasteiger partial charge in [-0.2, -0.15) is 13.2 Å². The van der Waals surface area contributed by atoms with Crippen LogP contribution in [0.2, 0.25) is 0 Å². The molecule has 0 radical (unpaired) electrons. The van der Waals surface area contributed by atoms with Gasteiger partial charge in [0.2, 0.25) is 0 Å². The lowest BCUT2D eigenvalue weighted by Gasteiger charge is -2.28. The van der Waals surface area contributed by atoms with Crippen LogP contribution in [0.25, 0.3) is 0 Å². The molecule has 1 aromatic rings. The SMILES string of the molecule is O=C(COC1(C(F)(F)F)CC(c2ccc(Br)cc2)=NO1)C1CC1. The van der Waals surface area contributed by atoms with Gasteiger partial charge in [0, 0.05) is 10.4 Å². The molecule has 1 aliphatic carbocycles. The second-order valence-electron chi connectivity index (χ2n) is 5.59. The minimum Gasteiger partial charge on any atom is -0.349 e. The number of ketones is 1. The number of alkyl halides is 3. The van der Waals surface area contributed by atoms with Gasteiger partial charge in [-0.3, -0.25) is 4.79 Å². The molecule has 2 aliphatic rings. The molecule has 1 saturated carbocycles. The topological polar surface area (TPSA) is 47.9 Å². The summed E-state index contributed by atoms with van der Waals surface area (Å²) in [5.41, 5.74) is 0.644. The molecule has 23 heavy (non-hydrogen) atoms. The molecule has 1 aliphatic heterocycles. The maximum atomic E-state index is 13.4. The maximum absolute atomic E-state index is 13.4. The molecule has 1 aromatic carbocycles. The summed E-state index contributed by atoms with van der Waals surface area (Å²) in [5, 5.41) is 3.54. The number of nitrogens with zero attached hydrogens (tertiary/aromatic N) is 1. The van der Waals surface area contributed by atoms with Crippen molar-refractivity contribution in [3.05, 3.63) is 34.3 Å². The smallest absolute Gasteiger partial charge is 0.349 e. The van der Waals surface area contributed by atoms with Gasteiger partial charge in [0.05, 0.1) is 12.1 Å². The zero-order valence-electron chi connectivity index (χ0n) is 11.9. The van der Waals surface area contributed by atoms with Gasteiger partial charge in [-0.15, -0.1) is 0 Å². The van der Waals surface area contributed by atoms with Crippen LogP contribution >= 0.6 is 15.9 Å². The summed E-state index contributed by atoms with van der Waals surface area (Å²) < 4.78 is 45.9. The molecule has 1 atom stereocenters. The quantitative estimate of drug-likeness (QED) is 0.766. The Morgan fingerprint density at radius 1 is 1.35 bits per heavy atom. The summed E-state index contributed by atoms with van der Waals surface area (Å²) >= 11 is 3.26. The van der Waals surface area contributed by atoms with Crippen molar-refractivity contribution in [3.63, 3.8) is 0 Å². The van der Waals surface area contributed by atoms with Crippen LogP contribution in [-0.4, -0.2) is 30.1 Å². The molecule has 3 rings (SSSR count). The van der Waals surface area contributed by atoms with Crippen LogP contribution in [0, 0.1) is 5.92 Å². The molecule has 1 fully saturated rings. The minimum absolute atomic E-state index is 0.133. The van der Waals surface area contributed by atoms with Crippen LogP contribution in [0.3, 0.4) is 0 Å². The number of ether oxygens (including phenoxy) is 1. The predicted molar refractivity (Wildman–Crippen MR) is 78.9 cm³/mol. The summed E-state index contributed by atoms with van der Waals surface area (Å²) in [6.07, 6.45) is -3.96. The molecule has 0 spiro atoms. The fraction of sp³-hybridized carbons (Fsp3) is 0.467. The number of Topliss-reactive ketones (excluding diaryl/α,β-unsaturated/α-hetero) is 1. The Bertz CT molecular complexity index is 640. The highest BCUT2D eigenvalue weighted by Gasteiger charge is 2.63. The highest BCUT2D eigenvalue weighted by atomic mass is 79.9. The molecular formula is C15H13BrF3NO3.